The van der Waals surface area contributed by atoms with Crippen LogP contribution in [-0.2, 0) is 0 Å². The zero-order valence-electron chi connectivity index (χ0n) is 10.7. The Labute approximate surface area is 114 Å². The van der Waals surface area contributed by atoms with Crippen LogP contribution in [0.1, 0.15) is 16.2 Å². The van der Waals surface area contributed by atoms with Gasteiger partial charge >= 0.3 is 0 Å². The smallest absolute Gasteiger partial charge is 0.271 e. The Hall–Kier alpha value is -2.96. The summed E-state index contributed by atoms with van der Waals surface area (Å²) in [7, 11) is 0. The molecule has 0 aliphatic heterocycles. The molecule has 0 radical (unpaired) electrons. The number of rotatable bonds is 2. The van der Waals surface area contributed by atoms with Crippen molar-refractivity contribution in [3.05, 3.63) is 41.9 Å². The Kier molecular flexibility index (Phi) is 2.60. The van der Waals surface area contributed by atoms with Gasteiger partial charge in [0, 0.05) is 10.8 Å². The number of primary amides is 1. The lowest BCUT2D eigenvalue weighted by Gasteiger charge is -2.06. The van der Waals surface area contributed by atoms with Gasteiger partial charge in [-0.25, -0.2) is 4.68 Å². The molecule has 4 N–H and O–H groups in total. The highest BCUT2D eigenvalue weighted by atomic mass is 16.1. The number of aryl methyl sites for hydroxylation is 1. The van der Waals surface area contributed by atoms with Crippen LogP contribution in [0.4, 0.5) is 5.69 Å². The molecule has 1 amide bonds. The summed E-state index contributed by atoms with van der Waals surface area (Å²) in [4.78, 5) is 11.2. The highest BCUT2D eigenvalue weighted by Gasteiger charge is 2.15. The van der Waals surface area contributed by atoms with Gasteiger partial charge in [-0.05, 0) is 6.92 Å². The minimum Gasteiger partial charge on any atom is -0.396 e. The molecule has 7 nitrogen and oxygen atoms in total. The largest absolute Gasteiger partial charge is 0.396 e. The number of nitrogen functional groups attached to an aromatic ring is 1. The van der Waals surface area contributed by atoms with Gasteiger partial charge in [0.15, 0.2) is 11.5 Å². The number of anilines is 1. The molecule has 0 aliphatic carbocycles. The van der Waals surface area contributed by atoms with Gasteiger partial charge in [-0.2, -0.15) is 10.2 Å². The summed E-state index contributed by atoms with van der Waals surface area (Å²) >= 11 is 0. The van der Waals surface area contributed by atoms with E-state index < -0.39 is 5.91 Å². The van der Waals surface area contributed by atoms with E-state index in [2.05, 4.69) is 15.3 Å². The van der Waals surface area contributed by atoms with Crippen LogP contribution in [0.25, 0.3) is 16.6 Å². The van der Waals surface area contributed by atoms with Gasteiger partial charge in [0.1, 0.15) is 0 Å². The van der Waals surface area contributed by atoms with Gasteiger partial charge < -0.3 is 11.5 Å². The Bertz CT molecular complexity index is 823. The summed E-state index contributed by atoms with van der Waals surface area (Å²) in [6.07, 6.45) is 1.51. The van der Waals surface area contributed by atoms with E-state index in [-0.39, 0.29) is 11.4 Å². The Morgan fingerprint density at radius 3 is 2.55 bits per heavy atom. The fraction of sp³-hybridized carbons (Fsp3) is 0.0769. The van der Waals surface area contributed by atoms with E-state index in [0.29, 0.717) is 5.82 Å². The summed E-state index contributed by atoms with van der Waals surface area (Å²) in [5, 5.41) is 14.1. The number of hydrogen-bond acceptors (Lipinski definition) is 5. The SMILES string of the molecule is Cc1nnc(-n2cc(N)c(C(N)=O)n2)c2ccccc12. The van der Waals surface area contributed by atoms with Crippen molar-refractivity contribution in [2.75, 3.05) is 5.73 Å². The second-order valence-electron chi connectivity index (χ2n) is 4.40. The molecule has 3 aromatic rings. The van der Waals surface area contributed by atoms with Gasteiger partial charge in [0.2, 0.25) is 0 Å². The fourth-order valence-corrected chi connectivity index (χ4v) is 2.08. The zero-order valence-corrected chi connectivity index (χ0v) is 10.7. The minimum atomic E-state index is -0.675. The van der Waals surface area contributed by atoms with E-state index in [1.165, 1.54) is 10.9 Å². The predicted molar refractivity (Wildman–Crippen MR) is 74.3 cm³/mol. The Balaban J connectivity index is 2.28. The molecule has 0 bridgehead atoms. The van der Waals surface area contributed by atoms with Gasteiger partial charge in [-0.3, -0.25) is 4.79 Å². The first-order chi connectivity index (χ1) is 9.58. The molecule has 1 aromatic carbocycles. The number of carbonyl (C=O) groups is 1. The van der Waals surface area contributed by atoms with E-state index in [0.717, 1.165) is 16.5 Å². The number of aromatic nitrogens is 4. The maximum atomic E-state index is 11.2. The van der Waals surface area contributed by atoms with Gasteiger partial charge in [-0.1, -0.05) is 24.3 Å². The van der Waals surface area contributed by atoms with Crippen LogP contribution < -0.4 is 11.5 Å². The van der Waals surface area contributed by atoms with Crippen LogP contribution >= 0.6 is 0 Å². The third-order valence-corrected chi connectivity index (χ3v) is 3.05. The van der Waals surface area contributed by atoms with Crippen LogP contribution in [0.15, 0.2) is 30.5 Å². The highest BCUT2D eigenvalue weighted by Crippen LogP contribution is 2.22. The summed E-state index contributed by atoms with van der Waals surface area (Å²) in [6.45, 7) is 1.88. The predicted octanol–water partition coefficient (Wildman–Crippen LogP) is 0.805. The van der Waals surface area contributed by atoms with E-state index in [1.54, 1.807) is 0 Å². The molecule has 0 unspecified atom stereocenters. The van der Waals surface area contributed by atoms with Crippen LogP contribution in [0, 0.1) is 6.92 Å². The molecular formula is C13H12N6O. The first-order valence-electron chi connectivity index (χ1n) is 5.95. The summed E-state index contributed by atoms with van der Waals surface area (Å²) in [6, 6.07) is 7.68. The molecule has 7 heteroatoms. The third kappa shape index (κ3) is 1.76. The van der Waals surface area contributed by atoms with Crippen molar-refractivity contribution in [1.82, 2.24) is 20.0 Å². The van der Waals surface area contributed by atoms with Crippen LogP contribution in [0.3, 0.4) is 0 Å². The van der Waals surface area contributed by atoms with Gasteiger partial charge in [0.05, 0.1) is 17.6 Å². The van der Waals surface area contributed by atoms with Crippen molar-refractivity contribution >= 4 is 22.4 Å². The number of nitrogens with zero attached hydrogens (tertiary/aromatic N) is 4. The van der Waals surface area contributed by atoms with Gasteiger partial charge in [-0.15, -0.1) is 5.10 Å². The normalized spacial score (nSPS) is 10.8. The summed E-state index contributed by atoms with van der Waals surface area (Å²) in [5.74, 6) is -0.170. The standard InChI is InChI=1S/C13H12N6O/c1-7-8-4-2-3-5-9(8)13(17-16-7)19-6-10(14)11(18-19)12(15)20/h2-6H,14H2,1H3,(H2,15,20). The number of benzene rings is 1. The van der Waals surface area contributed by atoms with Crippen molar-refractivity contribution in [2.45, 2.75) is 6.92 Å². The molecule has 0 atom stereocenters. The van der Waals surface area contributed by atoms with E-state index in [1.807, 2.05) is 31.2 Å². The van der Waals surface area contributed by atoms with E-state index >= 15 is 0 Å². The number of nitrogens with two attached hydrogens (primary N) is 2. The topological polar surface area (TPSA) is 113 Å². The highest BCUT2D eigenvalue weighted by molar-refractivity contribution is 5.96. The van der Waals surface area contributed by atoms with Crippen molar-refractivity contribution < 1.29 is 4.79 Å². The maximum absolute atomic E-state index is 11.2. The van der Waals surface area contributed by atoms with Crippen LogP contribution in [0.2, 0.25) is 0 Å². The fourth-order valence-electron chi connectivity index (χ4n) is 2.08. The molecule has 20 heavy (non-hydrogen) atoms. The molecule has 0 spiro atoms. The molecular weight excluding hydrogens is 256 g/mol. The molecule has 0 saturated heterocycles. The van der Waals surface area contributed by atoms with E-state index in [4.69, 9.17) is 11.5 Å². The lowest BCUT2D eigenvalue weighted by atomic mass is 10.1. The Morgan fingerprint density at radius 1 is 1.20 bits per heavy atom. The average Bonchev–Trinajstić information content (AvgIpc) is 2.81. The summed E-state index contributed by atoms with van der Waals surface area (Å²) in [5.41, 5.74) is 12.0. The molecule has 100 valence electrons. The van der Waals surface area contributed by atoms with Gasteiger partial charge in [0.25, 0.3) is 5.91 Å². The van der Waals surface area contributed by atoms with Crippen molar-refractivity contribution in [3.8, 4) is 5.82 Å². The van der Waals surface area contributed by atoms with Crippen molar-refractivity contribution in [3.63, 3.8) is 0 Å². The van der Waals surface area contributed by atoms with Crippen molar-refractivity contribution in [1.29, 1.82) is 0 Å². The third-order valence-electron chi connectivity index (χ3n) is 3.05. The molecule has 3 rings (SSSR count). The Morgan fingerprint density at radius 2 is 1.90 bits per heavy atom. The maximum Gasteiger partial charge on any atom is 0.271 e. The quantitative estimate of drug-likeness (QED) is 0.714. The zero-order chi connectivity index (χ0) is 14.3. The lowest BCUT2D eigenvalue weighted by Crippen LogP contribution is -2.14. The first-order valence-corrected chi connectivity index (χ1v) is 5.95. The second-order valence-corrected chi connectivity index (χ2v) is 4.40. The molecule has 0 saturated carbocycles. The molecule has 0 fully saturated rings. The van der Waals surface area contributed by atoms with Crippen molar-refractivity contribution in [2.24, 2.45) is 5.73 Å². The summed E-state index contributed by atoms with van der Waals surface area (Å²) < 4.78 is 1.42. The molecule has 2 aromatic heterocycles. The van der Waals surface area contributed by atoms with Crippen LogP contribution in [-0.4, -0.2) is 25.9 Å². The molecule has 0 aliphatic rings. The number of amides is 1. The number of hydrogen-bond donors (Lipinski definition) is 2. The lowest BCUT2D eigenvalue weighted by molar-refractivity contribution is 0.0996. The van der Waals surface area contributed by atoms with E-state index in [9.17, 15) is 4.79 Å². The van der Waals surface area contributed by atoms with Crippen LogP contribution in [0.5, 0.6) is 0 Å². The first kappa shape index (κ1) is 12.1. The number of fused-ring (bicyclic) bond motifs is 1. The molecule has 2 heterocycles. The monoisotopic (exact) mass is 268 g/mol. The minimum absolute atomic E-state index is 0.0245. The second kappa shape index (κ2) is 4.30. The number of carbonyl (C=O) groups excluding carboxylic acids is 1. The average molecular weight is 268 g/mol.